The Kier molecular flexibility index (Phi) is 4.67. The summed E-state index contributed by atoms with van der Waals surface area (Å²) < 4.78 is 25.7. The van der Waals surface area contributed by atoms with Crippen LogP contribution in [0.25, 0.3) is 0 Å². The summed E-state index contributed by atoms with van der Waals surface area (Å²) in [6.07, 6.45) is 1.14. The number of ether oxygens (including phenoxy) is 2. The van der Waals surface area contributed by atoms with Crippen molar-refractivity contribution in [1.82, 2.24) is 0 Å². The molecule has 2 aromatic rings. The van der Waals surface area contributed by atoms with Gasteiger partial charge in [-0.25, -0.2) is 4.39 Å². The monoisotopic (exact) mass is 355 g/mol. The first-order valence-electron chi connectivity index (χ1n) is 7.27. The van der Waals surface area contributed by atoms with E-state index in [1.807, 2.05) is 6.07 Å². The van der Waals surface area contributed by atoms with Gasteiger partial charge in [0.2, 0.25) is 0 Å². The molecule has 122 valence electrons. The smallest absolute Gasteiger partial charge is 0.167 e. The molecular formula is C17H16Cl2FNO2. The van der Waals surface area contributed by atoms with E-state index in [2.05, 4.69) is 0 Å². The Morgan fingerprint density at radius 1 is 1.09 bits per heavy atom. The average molecular weight is 356 g/mol. The first-order chi connectivity index (χ1) is 11.0. The van der Waals surface area contributed by atoms with Crippen LogP contribution in [-0.2, 0) is 10.3 Å². The lowest BCUT2D eigenvalue weighted by Crippen LogP contribution is -2.39. The van der Waals surface area contributed by atoms with Crippen molar-refractivity contribution in [3.63, 3.8) is 0 Å². The van der Waals surface area contributed by atoms with Gasteiger partial charge >= 0.3 is 0 Å². The van der Waals surface area contributed by atoms with Gasteiger partial charge in [-0.3, -0.25) is 0 Å². The van der Waals surface area contributed by atoms with Crippen molar-refractivity contribution in [3.8, 4) is 5.75 Å². The number of rotatable bonds is 3. The summed E-state index contributed by atoms with van der Waals surface area (Å²) in [5.41, 5.74) is 5.97. The van der Waals surface area contributed by atoms with Gasteiger partial charge in [-0.05, 0) is 24.3 Å². The second-order valence-corrected chi connectivity index (χ2v) is 6.37. The van der Waals surface area contributed by atoms with Crippen LogP contribution in [0, 0.1) is 5.82 Å². The maximum Gasteiger partial charge on any atom is 0.167 e. The van der Waals surface area contributed by atoms with Crippen LogP contribution in [0.15, 0.2) is 36.4 Å². The third-order valence-corrected chi connectivity index (χ3v) is 4.53. The van der Waals surface area contributed by atoms with Crippen molar-refractivity contribution in [1.29, 1.82) is 0 Å². The summed E-state index contributed by atoms with van der Waals surface area (Å²) >= 11 is 12.3. The third-order valence-electron chi connectivity index (χ3n) is 3.98. The minimum atomic E-state index is -0.753. The summed E-state index contributed by atoms with van der Waals surface area (Å²) in [6, 6.07) is 9.62. The molecule has 1 aliphatic heterocycles. The van der Waals surface area contributed by atoms with E-state index >= 15 is 0 Å². The lowest BCUT2D eigenvalue weighted by molar-refractivity contribution is -0.0517. The van der Waals surface area contributed by atoms with Crippen molar-refractivity contribution in [2.75, 3.05) is 18.9 Å². The highest BCUT2D eigenvalue weighted by molar-refractivity contribution is 6.35. The fraction of sp³-hybridized carbons (Fsp3) is 0.294. The number of nitrogens with two attached hydrogens (primary N) is 1. The van der Waals surface area contributed by atoms with E-state index in [0.717, 1.165) is 5.56 Å². The van der Waals surface area contributed by atoms with Gasteiger partial charge in [0.25, 0.3) is 0 Å². The first-order valence-corrected chi connectivity index (χ1v) is 8.03. The molecule has 2 N–H and O–H groups in total. The van der Waals surface area contributed by atoms with Crippen LogP contribution in [0.2, 0.25) is 10.0 Å². The second kappa shape index (κ2) is 6.56. The highest BCUT2D eigenvalue weighted by atomic mass is 35.5. The molecule has 1 saturated heterocycles. The van der Waals surface area contributed by atoms with E-state index in [0.29, 0.717) is 41.8 Å². The lowest BCUT2D eigenvalue weighted by Gasteiger charge is -2.38. The number of anilines is 1. The highest BCUT2D eigenvalue weighted by Gasteiger charge is 2.39. The molecule has 23 heavy (non-hydrogen) atoms. The standard InChI is InChI=1S/C17H16Cl2FNO2/c18-11-1-3-13(14(19)9-11)17(5-7-22-8-6-17)23-16-4-2-12(21)10-15(16)20/h1-4,9-10H,5-8,21H2. The summed E-state index contributed by atoms with van der Waals surface area (Å²) in [5, 5.41) is 1.04. The maximum atomic E-state index is 14.2. The van der Waals surface area contributed by atoms with E-state index in [-0.39, 0.29) is 5.75 Å². The van der Waals surface area contributed by atoms with Crippen molar-refractivity contribution in [3.05, 3.63) is 57.8 Å². The van der Waals surface area contributed by atoms with Gasteiger partial charge in [-0.1, -0.05) is 29.3 Å². The second-order valence-electron chi connectivity index (χ2n) is 5.52. The first kappa shape index (κ1) is 16.4. The average Bonchev–Trinajstić information content (AvgIpc) is 2.51. The Balaban J connectivity index is 2.02. The number of hydrogen-bond acceptors (Lipinski definition) is 3. The largest absolute Gasteiger partial charge is 0.479 e. The van der Waals surface area contributed by atoms with E-state index in [4.69, 9.17) is 38.4 Å². The van der Waals surface area contributed by atoms with Gasteiger partial charge in [0.15, 0.2) is 11.6 Å². The molecule has 3 rings (SSSR count). The number of benzene rings is 2. The fourth-order valence-corrected chi connectivity index (χ4v) is 3.38. The molecule has 0 amide bonds. The van der Waals surface area contributed by atoms with Gasteiger partial charge in [0, 0.05) is 40.2 Å². The molecule has 0 unspecified atom stereocenters. The van der Waals surface area contributed by atoms with Crippen molar-refractivity contribution >= 4 is 28.9 Å². The van der Waals surface area contributed by atoms with E-state index < -0.39 is 11.4 Å². The van der Waals surface area contributed by atoms with Crippen LogP contribution in [0.1, 0.15) is 18.4 Å². The van der Waals surface area contributed by atoms with Crippen LogP contribution in [0.5, 0.6) is 5.75 Å². The van der Waals surface area contributed by atoms with Gasteiger partial charge < -0.3 is 15.2 Å². The minimum Gasteiger partial charge on any atom is -0.479 e. The molecule has 3 nitrogen and oxygen atoms in total. The molecule has 2 aromatic carbocycles. The SMILES string of the molecule is Nc1ccc(OC2(c3ccc(Cl)cc3Cl)CCOCC2)c(F)c1. The molecule has 0 atom stereocenters. The molecule has 1 aliphatic rings. The summed E-state index contributed by atoms with van der Waals surface area (Å²) in [5.74, 6) is -0.354. The van der Waals surface area contributed by atoms with E-state index in [1.54, 1.807) is 18.2 Å². The van der Waals surface area contributed by atoms with E-state index in [1.165, 1.54) is 12.1 Å². The molecule has 1 fully saturated rings. The molecule has 6 heteroatoms. The molecule has 0 radical (unpaired) electrons. The molecule has 0 saturated carbocycles. The zero-order chi connectivity index (χ0) is 16.4. The number of hydrogen-bond donors (Lipinski definition) is 1. The predicted molar refractivity (Wildman–Crippen MR) is 89.6 cm³/mol. The van der Waals surface area contributed by atoms with E-state index in [9.17, 15) is 4.39 Å². The number of nitrogen functional groups attached to an aromatic ring is 1. The van der Waals surface area contributed by atoms with Crippen LogP contribution in [-0.4, -0.2) is 13.2 Å². The van der Waals surface area contributed by atoms with Crippen molar-refractivity contribution < 1.29 is 13.9 Å². The normalized spacial score (nSPS) is 17.0. The lowest BCUT2D eigenvalue weighted by atomic mass is 9.86. The molecule has 0 bridgehead atoms. The molecule has 0 spiro atoms. The van der Waals surface area contributed by atoms with Gasteiger partial charge in [-0.2, -0.15) is 0 Å². The quantitative estimate of drug-likeness (QED) is 0.804. The Morgan fingerprint density at radius 3 is 2.48 bits per heavy atom. The van der Waals surface area contributed by atoms with Crippen molar-refractivity contribution in [2.24, 2.45) is 0 Å². The Bertz CT molecular complexity index is 718. The van der Waals surface area contributed by atoms with Gasteiger partial charge in [0.05, 0.1) is 13.2 Å². The summed E-state index contributed by atoms with van der Waals surface area (Å²) in [4.78, 5) is 0. The zero-order valence-corrected chi connectivity index (χ0v) is 13.8. The Morgan fingerprint density at radius 2 is 1.83 bits per heavy atom. The predicted octanol–water partition coefficient (Wildman–Crippen LogP) is 4.80. The minimum absolute atomic E-state index is 0.145. The Hall–Kier alpha value is -1.49. The Labute approximate surface area is 144 Å². The van der Waals surface area contributed by atoms with Gasteiger partial charge in [-0.15, -0.1) is 0 Å². The molecule has 1 heterocycles. The molecule has 0 aromatic heterocycles. The van der Waals surface area contributed by atoms with Crippen LogP contribution < -0.4 is 10.5 Å². The number of halogens is 3. The van der Waals surface area contributed by atoms with Crippen LogP contribution >= 0.6 is 23.2 Å². The maximum absolute atomic E-state index is 14.2. The summed E-state index contributed by atoms with van der Waals surface area (Å²) in [6.45, 7) is 1.02. The van der Waals surface area contributed by atoms with Crippen LogP contribution in [0.3, 0.4) is 0 Å². The third kappa shape index (κ3) is 3.39. The van der Waals surface area contributed by atoms with Crippen LogP contribution in [0.4, 0.5) is 10.1 Å². The molecular weight excluding hydrogens is 340 g/mol. The topological polar surface area (TPSA) is 44.5 Å². The molecule has 0 aliphatic carbocycles. The van der Waals surface area contributed by atoms with Crippen molar-refractivity contribution in [2.45, 2.75) is 18.4 Å². The fourth-order valence-electron chi connectivity index (χ4n) is 2.80. The summed E-state index contributed by atoms with van der Waals surface area (Å²) in [7, 11) is 0. The van der Waals surface area contributed by atoms with Gasteiger partial charge in [0.1, 0.15) is 5.60 Å². The zero-order valence-electron chi connectivity index (χ0n) is 12.3. The highest BCUT2D eigenvalue weighted by Crippen LogP contribution is 2.41.